The summed E-state index contributed by atoms with van der Waals surface area (Å²) in [6.07, 6.45) is 2.12. The SMILES string of the molecule is CN[C@H]1CCCN(C(=O)c2ccc(Cl)cc2Cl)C1. The number of hydrogen-bond donors (Lipinski definition) is 1. The lowest BCUT2D eigenvalue weighted by Crippen LogP contribution is -2.47. The Bertz CT molecular complexity index is 451. The standard InChI is InChI=1S/C13H16Cl2N2O/c1-16-10-3-2-6-17(8-10)13(18)11-5-4-9(14)7-12(11)15/h4-5,7,10,16H,2-3,6,8H2,1H3/t10-/m0/s1. The van der Waals surface area contributed by atoms with E-state index in [1.54, 1.807) is 18.2 Å². The lowest BCUT2D eigenvalue weighted by atomic mass is 10.0. The zero-order chi connectivity index (χ0) is 13.1. The van der Waals surface area contributed by atoms with Gasteiger partial charge in [0.25, 0.3) is 5.91 Å². The Hall–Kier alpha value is -0.770. The van der Waals surface area contributed by atoms with Gasteiger partial charge in [-0.05, 0) is 38.1 Å². The molecule has 18 heavy (non-hydrogen) atoms. The average molecular weight is 287 g/mol. The summed E-state index contributed by atoms with van der Waals surface area (Å²) in [4.78, 5) is 14.2. The number of nitrogens with zero attached hydrogens (tertiary/aromatic N) is 1. The fraction of sp³-hybridized carbons (Fsp3) is 0.462. The van der Waals surface area contributed by atoms with E-state index >= 15 is 0 Å². The molecule has 1 aromatic rings. The van der Waals surface area contributed by atoms with E-state index in [9.17, 15) is 4.79 Å². The molecule has 1 aliphatic rings. The van der Waals surface area contributed by atoms with Crippen LogP contribution in [0.1, 0.15) is 23.2 Å². The first kappa shape index (κ1) is 13.7. The minimum Gasteiger partial charge on any atom is -0.337 e. The van der Waals surface area contributed by atoms with Gasteiger partial charge < -0.3 is 10.2 Å². The number of halogens is 2. The maximum Gasteiger partial charge on any atom is 0.255 e. The van der Waals surface area contributed by atoms with Crippen LogP contribution in [0.3, 0.4) is 0 Å². The van der Waals surface area contributed by atoms with Crippen molar-refractivity contribution in [2.75, 3.05) is 20.1 Å². The number of piperidine rings is 1. The maximum atomic E-state index is 12.4. The molecule has 1 saturated heterocycles. The highest BCUT2D eigenvalue weighted by atomic mass is 35.5. The van der Waals surface area contributed by atoms with E-state index < -0.39 is 0 Å². The number of rotatable bonds is 2. The molecule has 1 heterocycles. The Morgan fingerprint density at radius 2 is 2.22 bits per heavy atom. The maximum absolute atomic E-state index is 12.4. The van der Waals surface area contributed by atoms with Crippen molar-refractivity contribution < 1.29 is 4.79 Å². The predicted molar refractivity (Wildman–Crippen MR) is 74.4 cm³/mol. The molecule has 1 aliphatic heterocycles. The van der Waals surface area contributed by atoms with Crippen LogP contribution in [0.25, 0.3) is 0 Å². The first-order valence-electron chi connectivity index (χ1n) is 6.03. The van der Waals surface area contributed by atoms with Crippen molar-refractivity contribution in [2.45, 2.75) is 18.9 Å². The Morgan fingerprint density at radius 1 is 1.44 bits per heavy atom. The zero-order valence-electron chi connectivity index (χ0n) is 10.2. The Labute approximate surface area is 117 Å². The van der Waals surface area contributed by atoms with Crippen molar-refractivity contribution in [1.82, 2.24) is 10.2 Å². The third-order valence-electron chi connectivity index (χ3n) is 3.28. The molecule has 5 heteroatoms. The molecule has 98 valence electrons. The first-order chi connectivity index (χ1) is 8.61. The van der Waals surface area contributed by atoms with Crippen LogP contribution in [0.5, 0.6) is 0 Å². The van der Waals surface area contributed by atoms with Gasteiger partial charge >= 0.3 is 0 Å². The Morgan fingerprint density at radius 3 is 2.89 bits per heavy atom. The highest BCUT2D eigenvalue weighted by Crippen LogP contribution is 2.23. The minimum atomic E-state index is -0.0170. The molecular weight excluding hydrogens is 271 g/mol. The van der Waals surface area contributed by atoms with Gasteiger partial charge in [0.1, 0.15) is 0 Å². The number of carbonyl (C=O) groups is 1. The van der Waals surface area contributed by atoms with Crippen LogP contribution in [-0.4, -0.2) is 37.0 Å². The van der Waals surface area contributed by atoms with Gasteiger partial charge in [-0.15, -0.1) is 0 Å². The second-order valence-electron chi connectivity index (χ2n) is 4.50. The molecule has 0 spiro atoms. The van der Waals surface area contributed by atoms with Crippen LogP contribution in [-0.2, 0) is 0 Å². The fourth-order valence-corrected chi connectivity index (χ4v) is 2.72. The van der Waals surface area contributed by atoms with E-state index in [1.165, 1.54) is 0 Å². The van der Waals surface area contributed by atoms with Gasteiger partial charge in [0.2, 0.25) is 0 Å². The van der Waals surface area contributed by atoms with Gasteiger partial charge in [0, 0.05) is 24.2 Å². The number of likely N-dealkylation sites (tertiary alicyclic amines) is 1. The second kappa shape index (κ2) is 5.91. The van der Waals surface area contributed by atoms with E-state index in [0.29, 0.717) is 21.7 Å². The van der Waals surface area contributed by atoms with Gasteiger partial charge in [0.05, 0.1) is 10.6 Å². The van der Waals surface area contributed by atoms with E-state index in [4.69, 9.17) is 23.2 Å². The smallest absolute Gasteiger partial charge is 0.255 e. The number of amides is 1. The highest BCUT2D eigenvalue weighted by Gasteiger charge is 2.24. The summed E-state index contributed by atoms with van der Waals surface area (Å²) in [5.41, 5.74) is 0.526. The number of benzene rings is 1. The minimum absolute atomic E-state index is 0.0170. The third kappa shape index (κ3) is 2.97. The fourth-order valence-electron chi connectivity index (χ4n) is 2.23. The molecule has 0 aromatic heterocycles. The molecule has 3 nitrogen and oxygen atoms in total. The summed E-state index contributed by atoms with van der Waals surface area (Å²) in [6, 6.07) is 5.36. The van der Waals surface area contributed by atoms with E-state index in [0.717, 1.165) is 25.9 Å². The molecule has 2 rings (SSSR count). The van der Waals surface area contributed by atoms with Crippen LogP contribution in [0, 0.1) is 0 Å². The van der Waals surface area contributed by atoms with Crippen molar-refractivity contribution in [1.29, 1.82) is 0 Å². The molecule has 0 aliphatic carbocycles. The van der Waals surface area contributed by atoms with Crippen LogP contribution >= 0.6 is 23.2 Å². The van der Waals surface area contributed by atoms with Gasteiger partial charge in [-0.3, -0.25) is 4.79 Å². The van der Waals surface area contributed by atoms with Gasteiger partial charge in [-0.25, -0.2) is 0 Å². The van der Waals surface area contributed by atoms with Crippen LogP contribution in [0.2, 0.25) is 10.0 Å². The van der Waals surface area contributed by atoms with E-state index in [-0.39, 0.29) is 5.91 Å². The third-order valence-corrected chi connectivity index (χ3v) is 3.83. The second-order valence-corrected chi connectivity index (χ2v) is 5.35. The number of hydrogen-bond acceptors (Lipinski definition) is 2. The van der Waals surface area contributed by atoms with Crippen LogP contribution in [0.4, 0.5) is 0 Å². The molecule has 1 fully saturated rings. The lowest BCUT2D eigenvalue weighted by molar-refractivity contribution is 0.0698. The Balaban J connectivity index is 2.15. The molecule has 0 saturated carbocycles. The molecule has 0 radical (unpaired) electrons. The van der Waals surface area contributed by atoms with Crippen molar-refractivity contribution in [3.8, 4) is 0 Å². The molecule has 1 amide bonds. The largest absolute Gasteiger partial charge is 0.337 e. The zero-order valence-corrected chi connectivity index (χ0v) is 11.8. The van der Waals surface area contributed by atoms with Crippen LogP contribution in [0.15, 0.2) is 18.2 Å². The Kier molecular flexibility index (Phi) is 4.49. The quantitative estimate of drug-likeness (QED) is 0.907. The van der Waals surface area contributed by atoms with Crippen molar-refractivity contribution >= 4 is 29.1 Å². The molecule has 1 aromatic carbocycles. The van der Waals surface area contributed by atoms with E-state index in [1.807, 2.05) is 11.9 Å². The number of likely N-dealkylation sites (N-methyl/N-ethyl adjacent to an activating group) is 1. The van der Waals surface area contributed by atoms with Crippen molar-refractivity contribution in [3.05, 3.63) is 33.8 Å². The average Bonchev–Trinajstić information content (AvgIpc) is 2.38. The normalized spacial score (nSPS) is 19.9. The summed E-state index contributed by atoms with van der Waals surface area (Å²) in [7, 11) is 1.92. The molecule has 1 atom stereocenters. The summed E-state index contributed by atoms with van der Waals surface area (Å²) >= 11 is 11.9. The van der Waals surface area contributed by atoms with Gasteiger partial charge in [-0.2, -0.15) is 0 Å². The van der Waals surface area contributed by atoms with Gasteiger partial charge in [0.15, 0.2) is 0 Å². The summed E-state index contributed by atoms with van der Waals surface area (Å²) in [6.45, 7) is 1.52. The number of nitrogens with one attached hydrogen (secondary N) is 1. The van der Waals surface area contributed by atoms with E-state index in [2.05, 4.69) is 5.32 Å². The lowest BCUT2D eigenvalue weighted by Gasteiger charge is -2.32. The molecule has 0 unspecified atom stereocenters. The molecule has 0 bridgehead atoms. The predicted octanol–water partition coefficient (Wildman–Crippen LogP) is 2.82. The summed E-state index contributed by atoms with van der Waals surface area (Å²) < 4.78 is 0. The summed E-state index contributed by atoms with van der Waals surface area (Å²) in [5, 5.41) is 4.18. The first-order valence-corrected chi connectivity index (χ1v) is 6.79. The monoisotopic (exact) mass is 286 g/mol. The summed E-state index contributed by atoms with van der Waals surface area (Å²) in [5.74, 6) is -0.0170. The van der Waals surface area contributed by atoms with Crippen LogP contribution < -0.4 is 5.32 Å². The molecule has 1 N–H and O–H groups in total. The number of carbonyl (C=O) groups excluding carboxylic acids is 1. The highest BCUT2D eigenvalue weighted by molar-refractivity contribution is 6.36. The van der Waals surface area contributed by atoms with Gasteiger partial charge in [-0.1, -0.05) is 23.2 Å². The van der Waals surface area contributed by atoms with Crippen molar-refractivity contribution in [3.63, 3.8) is 0 Å². The van der Waals surface area contributed by atoms with Crippen molar-refractivity contribution in [2.24, 2.45) is 0 Å². The molecular formula is C13H16Cl2N2O. The topological polar surface area (TPSA) is 32.3 Å².